The van der Waals surface area contributed by atoms with Crippen molar-refractivity contribution in [2.75, 3.05) is 5.32 Å². The molecule has 0 saturated heterocycles. The Bertz CT molecular complexity index is 365. The molecule has 1 heterocycles. The highest BCUT2D eigenvalue weighted by Crippen LogP contribution is 2.07. The molecule has 0 bridgehead atoms. The minimum Gasteiger partial charge on any atom is -0.481 e. The number of pyridine rings is 1. The van der Waals surface area contributed by atoms with Crippen LogP contribution in [0.3, 0.4) is 0 Å². The molecule has 86 valence electrons. The lowest BCUT2D eigenvalue weighted by Crippen LogP contribution is -2.16. The van der Waals surface area contributed by atoms with Gasteiger partial charge in [0.05, 0.1) is 5.92 Å². The van der Waals surface area contributed by atoms with Crippen LogP contribution in [0.15, 0.2) is 24.4 Å². The molecule has 16 heavy (non-hydrogen) atoms. The zero-order valence-corrected chi connectivity index (χ0v) is 9.01. The molecule has 0 unspecified atom stereocenters. The van der Waals surface area contributed by atoms with Gasteiger partial charge in [-0.15, -0.1) is 0 Å². The summed E-state index contributed by atoms with van der Waals surface area (Å²) in [7, 11) is 0. The van der Waals surface area contributed by atoms with Crippen LogP contribution < -0.4 is 5.32 Å². The van der Waals surface area contributed by atoms with E-state index in [1.165, 1.54) is 0 Å². The number of nitrogens with zero attached hydrogens (tertiary/aromatic N) is 1. The molecule has 0 aliphatic heterocycles. The number of hydrogen-bond donors (Lipinski definition) is 2. The number of carbonyl (C=O) groups is 2. The summed E-state index contributed by atoms with van der Waals surface area (Å²) in [5.41, 5.74) is 0. The van der Waals surface area contributed by atoms with Crippen molar-refractivity contribution in [2.24, 2.45) is 5.92 Å². The van der Waals surface area contributed by atoms with Crippen molar-refractivity contribution < 1.29 is 14.7 Å². The average molecular weight is 222 g/mol. The molecule has 1 aromatic rings. The maximum absolute atomic E-state index is 11.4. The van der Waals surface area contributed by atoms with E-state index < -0.39 is 11.9 Å². The van der Waals surface area contributed by atoms with Gasteiger partial charge in [-0.2, -0.15) is 0 Å². The Kier molecular flexibility index (Phi) is 4.44. The molecule has 0 fully saturated rings. The molecular weight excluding hydrogens is 208 g/mol. The van der Waals surface area contributed by atoms with Crippen molar-refractivity contribution in [3.63, 3.8) is 0 Å². The van der Waals surface area contributed by atoms with Crippen LogP contribution in [0.4, 0.5) is 5.82 Å². The van der Waals surface area contributed by atoms with Crippen molar-refractivity contribution in [3.05, 3.63) is 24.4 Å². The molecule has 1 aromatic heterocycles. The maximum Gasteiger partial charge on any atom is 0.306 e. The molecule has 0 aromatic carbocycles. The molecule has 0 radical (unpaired) electrons. The van der Waals surface area contributed by atoms with E-state index in [-0.39, 0.29) is 12.3 Å². The molecule has 1 atom stereocenters. The first-order valence-electron chi connectivity index (χ1n) is 5.03. The van der Waals surface area contributed by atoms with Crippen molar-refractivity contribution >= 4 is 17.7 Å². The summed E-state index contributed by atoms with van der Waals surface area (Å²) in [6, 6.07) is 5.20. The average Bonchev–Trinajstić information content (AvgIpc) is 2.27. The fourth-order valence-electron chi connectivity index (χ4n) is 1.11. The van der Waals surface area contributed by atoms with E-state index >= 15 is 0 Å². The van der Waals surface area contributed by atoms with Gasteiger partial charge in [0.1, 0.15) is 5.82 Å². The summed E-state index contributed by atoms with van der Waals surface area (Å²) in [6.07, 6.45) is 2.09. The largest absolute Gasteiger partial charge is 0.481 e. The number of carboxylic acid groups (broad SMARTS) is 1. The van der Waals surface area contributed by atoms with Crippen molar-refractivity contribution in [1.82, 2.24) is 4.98 Å². The zero-order chi connectivity index (χ0) is 12.0. The lowest BCUT2D eigenvalue weighted by Gasteiger charge is -2.06. The van der Waals surface area contributed by atoms with Gasteiger partial charge < -0.3 is 10.4 Å². The van der Waals surface area contributed by atoms with Crippen LogP contribution in [0.1, 0.15) is 19.8 Å². The predicted octanol–water partition coefficient (Wildman–Crippen LogP) is 1.52. The molecule has 0 spiro atoms. The Morgan fingerprint density at radius 3 is 2.81 bits per heavy atom. The molecule has 5 heteroatoms. The number of carbonyl (C=O) groups excluding carboxylic acids is 1. The Hall–Kier alpha value is -1.91. The highest BCUT2D eigenvalue weighted by molar-refractivity contribution is 5.89. The van der Waals surface area contributed by atoms with Crippen molar-refractivity contribution in [1.29, 1.82) is 0 Å². The predicted molar refractivity (Wildman–Crippen MR) is 58.9 cm³/mol. The van der Waals surface area contributed by atoms with Gasteiger partial charge in [-0.1, -0.05) is 13.0 Å². The second-order valence-electron chi connectivity index (χ2n) is 3.54. The monoisotopic (exact) mass is 222 g/mol. The quantitative estimate of drug-likeness (QED) is 0.791. The minimum atomic E-state index is -0.884. The number of rotatable bonds is 5. The van der Waals surface area contributed by atoms with Crippen LogP contribution in [0.25, 0.3) is 0 Å². The number of hydrogen-bond acceptors (Lipinski definition) is 3. The van der Waals surface area contributed by atoms with Crippen LogP contribution in [0.5, 0.6) is 0 Å². The summed E-state index contributed by atoms with van der Waals surface area (Å²) in [6.45, 7) is 1.58. The van der Waals surface area contributed by atoms with Gasteiger partial charge in [0.2, 0.25) is 5.91 Å². The summed E-state index contributed by atoms with van der Waals surface area (Å²) in [5, 5.41) is 11.2. The van der Waals surface area contributed by atoms with E-state index in [0.29, 0.717) is 12.2 Å². The minimum absolute atomic E-state index is 0.185. The second kappa shape index (κ2) is 5.85. The van der Waals surface area contributed by atoms with Crippen LogP contribution in [0, 0.1) is 5.92 Å². The van der Waals surface area contributed by atoms with E-state index in [4.69, 9.17) is 5.11 Å². The molecule has 1 amide bonds. The number of aliphatic carboxylic acids is 1. The summed E-state index contributed by atoms with van der Waals surface area (Å²) < 4.78 is 0. The standard InChI is InChI=1S/C11H14N2O3/c1-8(11(15)16)5-6-10(14)13-9-4-2-3-7-12-9/h2-4,7-8H,5-6H2,1H3,(H,15,16)(H,12,13,14)/t8-/m0/s1. The van der Waals surface area contributed by atoms with Gasteiger partial charge in [-0.05, 0) is 18.6 Å². The number of carboxylic acids is 1. The summed E-state index contributed by atoms with van der Waals surface area (Å²) in [4.78, 5) is 25.9. The van der Waals surface area contributed by atoms with Crippen LogP contribution >= 0.6 is 0 Å². The van der Waals surface area contributed by atoms with E-state index in [0.717, 1.165) is 0 Å². The van der Waals surface area contributed by atoms with Gasteiger partial charge >= 0.3 is 5.97 Å². The molecule has 0 aliphatic carbocycles. The third kappa shape index (κ3) is 4.08. The van der Waals surface area contributed by atoms with Crippen LogP contribution in [-0.4, -0.2) is 22.0 Å². The highest BCUT2D eigenvalue weighted by atomic mass is 16.4. The van der Waals surface area contributed by atoms with Gasteiger partial charge in [0.15, 0.2) is 0 Å². The fourth-order valence-corrected chi connectivity index (χ4v) is 1.11. The molecule has 0 saturated carbocycles. The topological polar surface area (TPSA) is 79.3 Å². The fraction of sp³-hybridized carbons (Fsp3) is 0.364. The normalized spacial score (nSPS) is 11.8. The smallest absolute Gasteiger partial charge is 0.306 e. The van der Waals surface area contributed by atoms with Gasteiger partial charge in [-0.25, -0.2) is 4.98 Å². The maximum atomic E-state index is 11.4. The second-order valence-corrected chi connectivity index (χ2v) is 3.54. The lowest BCUT2D eigenvalue weighted by molar-refractivity contribution is -0.141. The van der Waals surface area contributed by atoms with E-state index in [1.54, 1.807) is 31.3 Å². The van der Waals surface area contributed by atoms with Crippen molar-refractivity contribution in [2.45, 2.75) is 19.8 Å². The van der Waals surface area contributed by atoms with E-state index in [9.17, 15) is 9.59 Å². The Morgan fingerprint density at radius 2 is 2.25 bits per heavy atom. The van der Waals surface area contributed by atoms with Crippen molar-refractivity contribution in [3.8, 4) is 0 Å². The lowest BCUT2D eigenvalue weighted by atomic mass is 10.1. The number of amides is 1. The highest BCUT2D eigenvalue weighted by Gasteiger charge is 2.12. The third-order valence-electron chi connectivity index (χ3n) is 2.16. The number of nitrogens with one attached hydrogen (secondary N) is 1. The number of anilines is 1. The Balaban J connectivity index is 2.35. The molecule has 0 aliphatic rings. The Morgan fingerprint density at radius 1 is 1.50 bits per heavy atom. The van der Waals surface area contributed by atoms with Gasteiger partial charge in [-0.3, -0.25) is 9.59 Å². The van der Waals surface area contributed by atoms with Crippen LogP contribution in [0.2, 0.25) is 0 Å². The first kappa shape index (κ1) is 12.2. The summed E-state index contributed by atoms with van der Waals surface area (Å²) >= 11 is 0. The first-order chi connectivity index (χ1) is 7.59. The molecule has 2 N–H and O–H groups in total. The first-order valence-corrected chi connectivity index (χ1v) is 5.03. The Labute approximate surface area is 93.5 Å². The summed E-state index contributed by atoms with van der Waals surface area (Å²) in [5.74, 6) is -1.12. The third-order valence-corrected chi connectivity index (χ3v) is 2.16. The molecule has 1 rings (SSSR count). The molecule has 5 nitrogen and oxygen atoms in total. The van der Waals surface area contributed by atoms with Crippen LogP contribution in [-0.2, 0) is 9.59 Å². The SMILES string of the molecule is C[C@@H](CCC(=O)Nc1ccccn1)C(=O)O. The van der Waals surface area contributed by atoms with Gasteiger partial charge in [0, 0.05) is 12.6 Å². The van der Waals surface area contributed by atoms with E-state index in [1.807, 2.05) is 0 Å². The molecular formula is C11H14N2O3. The van der Waals surface area contributed by atoms with Gasteiger partial charge in [0.25, 0.3) is 0 Å². The van der Waals surface area contributed by atoms with E-state index in [2.05, 4.69) is 10.3 Å². The zero-order valence-electron chi connectivity index (χ0n) is 9.01. The number of aromatic nitrogens is 1.